The van der Waals surface area contributed by atoms with E-state index in [1.54, 1.807) is 6.92 Å². The highest BCUT2D eigenvalue weighted by atomic mass is 16.5. The van der Waals surface area contributed by atoms with Gasteiger partial charge in [-0.3, -0.25) is 0 Å². The molecule has 0 amide bonds. The molecule has 0 radical (unpaired) electrons. The van der Waals surface area contributed by atoms with Gasteiger partial charge in [0.1, 0.15) is 12.3 Å². The molecule has 0 spiro atoms. The van der Waals surface area contributed by atoms with E-state index in [1.807, 2.05) is 0 Å². The molecule has 6 heteroatoms. The molecule has 0 aliphatic heterocycles. The van der Waals surface area contributed by atoms with E-state index in [0.717, 1.165) is 0 Å². The van der Waals surface area contributed by atoms with Gasteiger partial charge in [0.15, 0.2) is 0 Å². The quantitative estimate of drug-likeness (QED) is 0.284. The molecule has 0 aromatic heterocycles. The van der Waals surface area contributed by atoms with Gasteiger partial charge in [-0.15, -0.1) is 0 Å². The van der Waals surface area contributed by atoms with Crippen molar-refractivity contribution < 1.29 is 19.0 Å². The summed E-state index contributed by atoms with van der Waals surface area (Å²) in [5.74, 6) is -0.383. The Morgan fingerprint density at radius 3 is 2.31 bits per heavy atom. The Bertz CT molecular complexity index is 264. The number of hydrogen-bond donors (Lipinski definition) is 0. The molecule has 0 aromatic carbocycles. The molecule has 0 N–H and O–H groups in total. The molecule has 0 rings (SSSR count). The molecule has 0 aliphatic rings. The third-order valence-corrected chi connectivity index (χ3v) is 2.26. The van der Waals surface area contributed by atoms with Gasteiger partial charge in [-0.2, -0.15) is 4.91 Å². The van der Waals surface area contributed by atoms with E-state index in [-0.39, 0.29) is 12.5 Å². The molecule has 0 fully saturated rings. The van der Waals surface area contributed by atoms with Gasteiger partial charge >= 0.3 is 5.97 Å². The average molecular weight is 231 g/mol. The molecule has 0 aromatic rings. The number of methoxy groups -OCH3 is 3. The van der Waals surface area contributed by atoms with Crippen molar-refractivity contribution in [2.45, 2.75) is 13.0 Å². The number of carbonyl (C=O) groups excluding carboxylic acids is 1. The van der Waals surface area contributed by atoms with Gasteiger partial charge in [0.2, 0.25) is 0 Å². The Labute approximate surface area is 94.5 Å². The summed E-state index contributed by atoms with van der Waals surface area (Å²) in [6, 6.07) is 0. The van der Waals surface area contributed by atoms with Crippen molar-refractivity contribution in [1.82, 2.24) is 0 Å². The number of rotatable bonds is 7. The summed E-state index contributed by atoms with van der Waals surface area (Å²) in [4.78, 5) is 21.2. The van der Waals surface area contributed by atoms with E-state index in [9.17, 15) is 9.70 Å². The minimum Gasteiger partial charge on any atom is -0.500 e. The van der Waals surface area contributed by atoms with Crippen molar-refractivity contribution in [3.8, 4) is 0 Å². The van der Waals surface area contributed by atoms with Gasteiger partial charge in [-0.25, -0.2) is 4.79 Å². The minimum absolute atomic E-state index is 0.000457. The second-order valence-electron chi connectivity index (χ2n) is 3.15. The number of esters is 1. The van der Waals surface area contributed by atoms with Crippen LogP contribution in [0.15, 0.2) is 17.0 Å². The van der Waals surface area contributed by atoms with E-state index >= 15 is 0 Å². The van der Waals surface area contributed by atoms with Crippen molar-refractivity contribution in [3.63, 3.8) is 0 Å². The van der Waals surface area contributed by atoms with Crippen molar-refractivity contribution in [2.75, 3.05) is 27.9 Å². The van der Waals surface area contributed by atoms with Crippen LogP contribution in [0.4, 0.5) is 0 Å². The molecule has 0 saturated carbocycles. The molecule has 0 saturated heterocycles. The summed E-state index contributed by atoms with van der Waals surface area (Å²) in [5, 5.41) is 2.77. The summed E-state index contributed by atoms with van der Waals surface area (Å²) in [7, 11) is 4.18. The molecule has 0 heterocycles. The Morgan fingerprint density at radius 1 is 1.31 bits per heavy atom. The van der Waals surface area contributed by atoms with Crippen LogP contribution in [0.3, 0.4) is 0 Å². The standard InChI is InChI=1S/C10H17NO5/c1-7(9(15-3)6-11-13)8(14-2)5-10(12)16-4/h5,7,9H,6H2,1-4H3. The SMILES string of the molecule is COC(=O)C=C(OC)C(C)C(CN=O)OC. The maximum atomic E-state index is 11.0. The zero-order valence-corrected chi connectivity index (χ0v) is 9.93. The molecule has 0 bridgehead atoms. The molecular weight excluding hydrogens is 214 g/mol. The van der Waals surface area contributed by atoms with Crippen molar-refractivity contribution in [2.24, 2.45) is 11.1 Å². The van der Waals surface area contributed by atoms with E-state index < -0.39 is 12.1 Å². The lowest BCUT2D eigenvalue weighted by Gasteiger charge is -2.21. The second kappa shape index (κ2) is 7.81. The van der Waals surface area contributed by atoms with Crippen LogP contribution in [0.1, 0.15) is 6.92 Å². The van der Waals surface area contributed by atoms with Crippen LogP contribution < -0.4 is 0 Å². The molecule has 92 valence electrons. The molecule has 16 heavy (non-hydrogen) atoms. The van der Waals surface area contributed by atoms with Crippen molar-refractivity contribution in [3.05, 3.63) is 16.7 Å². The van der Waals surface area contributed by atoms with Crippen LogP contribution in [0.2, 0.25) is 0 Å². The first-order valence-electron chi connectivity index (χ1n) is 4.76. The van der Waals surface area contributed by atoms with Gasteiger partial charge in [0.05, 0.1) is 26.4 Å². The van der Waals surface area contributed by atoms with Crippen molar-refractivity contribution in [1.29, 1.82) is 0 Å². The lowest BCUT2D eigenvalue weighted by atomic mass is 10.0. The first kappa shape index (κ1) is 14.6. The molecule has 2 atom stereocenters. The van der Waals surface area contributed by atoms with Gasteiger partial charge in [0.25, 0.3) is 0 Å². The molecular formula is C10H17NO5. The summed E-state index contributed by atoms with van der Waals surface area (Å²) in [6.45, 7) is 1.77. The first-order valence-corrected chi connectivity index (χ1v) is 4.76. The fourth-order valence-corrected chi connectivity index (χ4v) is 1.24. The maximum absolute atomic E-state index is 11.0. The number of nitroso groups, excluding NO2 is 1. The third kappa shape index (κ3) is 4.39. The summed E-state index contributed by atoms with van der Waals surface area (Å²) < 4.78 is 14.6. The molecule has 0 aliphatic carbocycles. The van der Waals surface area contributed by atoms with E-state index in [4.69, 9.17) is 9.47 Å². The number of ether oxygens (including phenoxy) is 3. The van der Waals surface area contributed by atoms with Crippen LogP contribution in [0.5, 0.6) is 0 Å². The smallest absolute Gasteiger partial charge is 0.333 e. The zero-order chi connectivity index (χ0) is 12.6. The average Bonchev–Trinajstić information content (AvgIpc) is 2.31. The highest BCUT2D eigenvalue weighted by Crippen LogP contribution is 2.18. The molecule has 2 unspecified atom stereocenters. The normalized spacial score (nSPS) is 15.1. The fraction of sp³-hybridized carbons (Fsp3) is 0.700. The third-order valence-electron chi connectivity index (χ3n) is 2.26. The van der Waals surface area contributed by atoms with E-state index in [0.29, 0.717) is 5.76 Å². The Morgan fingerprint density at radius 2 is 1.94 bits per heavy atom. The number of carbonyl (C=O) groups is 1. The van der Waals surface area contributed by atoms with Crippen LogP contribution in [-0.4, -0.2) is 39.9 Å². The Hall–Kier alpha value is -1.43. The Balaban J connectivity index is 4.73. The second-order valence-corrected chi connectivity index (χ2v) is 3.15. The first-order chi connectivity index (χ1) is 7.60. The Kier molecular flexibility index (Phi) is 7.11. The minimum atomic E-state index is -0.516. The highest BCUT2D eigenvalue weighted by Gasteiger charge is 2.22. The zero-order valence-electron chi connectivity index (χ0n) is 9.93. The summed E-state index contributed by atoms with van der Waals surface area (Å²) in [5.41, 5.74) is 0. The van der Waals surface area contributed by atoms with Crippen LogP contribution in [0, 0.1) is 10.8 Å². The van der Waals surface area contributed by atoms with E-state index in [2.05, 4.69) is 9.91 Å². The number of hydrogen-bond acceptors (Lipinski definition) is 6. The van der Waals surface area contributed by atoms with Crippen LogP contribution in [-0.2, 0) is 19.0 Å². The van der Waals surface area contributed by atoms with Gasteiger partial charge in [-0.05, 0) is 0 Å². The van der Waals surface area contributed by atoms with Crippen LogP contribution in [0.25, 0.3) is 0 Å². The fourth-order valence-electron chi connectivity index (χ4n) is 1.24. The van der Waals surface area contributed by atoms with Gasteiger partial charge in [-0.1, -0.05) is 12.1 Å². The largest absolute Gasteiger partial charge is 0.500 e. The highest BCUT2D eigenvalue weighted by molar-refractivity contribution is 5.82. The predicted octanol–water partition coefficient (Wildman–Crippen LogP) is 1.11. The van der Waals surface area contributed by atoms with E-state index in [1.165, 1.54) is 27.4 Å². The summed E-state index contributed by atoms with van der Waals surface area (Å²) in [6.07, 6.45) is 0.801. The lowest BCUT2D eigenvalue weighted by molar-refractivity contribution is -0.135. The van der Waals surface area contributed by atoms with Gasteiger partial charge in [0, 0.05) is 13.0 Å². The van der Waals surface area contributed by atoms with Gasteiger partial charge < -0.3 is 14.2 Å². The predicted molar refractivity (Wildman–Crippen MR) is 57.7 cm³/mol. The lowest BCUT2D eigenvalue weighted by Crippen LogP contribution is -2.26. The van der Waals surface area contributed by atoms with Crippen LogP contribution >= 0.6 is 0 Å². The molecule has 6 nitrogen and oxygen atoms in total. The number of nitrogens with zero attached hydrogens (tertiary/aromatic N) is 1. The van der Waals surface area contributed by atoms with Crippen molar-refractivity contribution >= 4 is 5.97 Å². The topological polar surface area (TPSA) is 74.2 Å². The monoisotopic (exact) mass is 231 g/mol. The maximum Gasteiger partial charge on any atom is 0.333 e. The summed E-state index contributed by atoms with van der Waals surface area (Å²) >= 11 is 0.